The van der Waals surface area contributed by atoms with Crippen LogP contribution in [0.5, 0.6) is 0 Å². The molecule has 0 bridgehead atoms. The number of furan rings is 1. The number of nitrogens with one attached hydrogen (secondary N) is 1. The van der Waals surface area contributed by atoms with Gasteiger partial charge in [-0.3, -0.25) is 4.79 Å². The van der Waals surface area contributed by atoms with Gasteiger partial charge in [-0.05, 0) is 51.0 Å². The highest BCUT2D eigenvalue weighted by molar-refractivity contribution is 6.06. The molecule has 6 nitrogen and oxygen atoms in total. The average molecular weight is 402 g/mol. The number of benzene rings is 1. The van der Waals surface area contributed by atoms with Crippen LogP contribution in [0.25, 0.3) is 11.0 Å². The third-order valence-corrected chi connectivity index (χ3v) is 5.21. The summed E-state index contributed by atoms with van der Waals surface area (Å²) in [6, 6.07) is 15.8. The summed E-state index contributed by atoms with van der Waals surface area (Å²) < 4.78 is 7.26. The van der Waals surface area contributed by atoms with Crippen LogP contribution in [-0.4, -0.2) is 26.7 Å². The Bertz CT molecular complexity index is 1150. The van der Waals surface area contributed by atoms with Gasteiger partial charge in [-0.25, -0.2) is 9.67 Å². The van der Waals surface area contributed by atoms with Crippen molar-refractivity contribution < 1.29 is 9.21 Å². The van der Waals surface area contributed by atoms with E-state index in [2.05, 4.69) is 22.5 Å². The monoisotopic (exact) mass is 402 g/mol. The lowest BCUT2D eigenvalue weighted by molar-refractivity contribution is 0.0939. The first-order chi connectivity index (χ1) is 14.5. The van der Waals surface area contributed by atoms with Crippen molar-refractivity contribution >= 4 is 16.9 Å². The topological polar surface area (TPSA) is 73.0 Å². The molecule has 1 aromatic carbocycles. The van der Waals surface area contributed by atoms with E-state index in [-0.39, 0.29) is 11.9 Å². The molecule has 0 aliphatic rings. The van der Waals surface area contributed by atoms with Crippen molar-refractivity contribution in [3.05, 3.63) is 83.1 Å². The van der Waals surface area contributed by atoms with Gasteiger partial charge in [-0.1, -0.05) is 30.3 Å². The summed E-state index contributed by atoms with van der Waals surface area (Å²) in [4.78, 5) is 17.8. The minimum Gasteiger partial charge on any atom is -0.469 e. The van der Waals surface area contributed by atoms with Crippen molar-refractivity contribution in [3.63, 3.8) is 0 Å². The van der Waals surface area contributed by atoms with Crippen molar-refractivity contribution in [2.24, 2.45) is 0 Å². The molecule has 154 valence electrons. The van der Waals surface area contributed by atoms with E-state index in [0.717, 1.165) is 46.6 Å². The lowest BCUT2D eigenvalue weighted by atomic mass is 10.1. The van der Waals surface area contributed by atoms with Crippen LogP contribution >= 0.6 is 0 Å². The third-order valence-electron chi connectivity index (χ3n) is 5.21. The molecular weight excluding hydrogens is 376 g/mol. The molecule has 30 heavy (non-hydrogen) atoms. The normalized spacial score (nSPS) is 12.2. The SMILES string of the molecule is Cc1cc(C(=O)N[C@H](C)CCc2ccco2)c2c(C)nn(Cc3ccccc3)c2n1. The van der Waals surface area contributed by atoms with Crippen LogP contribution in [0.3, 0.4) is 0 Å². The molecule has 4 aromatic rings. The summed E-state index contributed by atoms with van der Waals surface area (Å²) in [5.74, 6) is 0.830. The highest BCUT2D eigenvalue weighted by atomic mass is 16.3. The van der Waals surface area contributed by atoms with E-state index in [9.17, 15) is 4.79 Å². The van der Waals surface area contributed by atoms with E-state index in [1.807, 2.05) is 61.9 Å². The van der Waals surface area contributed by atoms with Crippen molar-refractivity contribution in [1.82, 2.24) is 20.1 Å². The van der Waals surface area contributed by atoms with Crippen LogP contribution in [0.4, 0.5) is 0 Å². The van der Waals surface area contributed by atoms with Gasteiger partial charge < -0.3 is 9.73 Å². The maximum Gasteiger partial charge on any atom is 0.252 e. The number of carbonyl (C=O) groups is 1. The van der Waals surface area contributed by atoms with Gasteiger partial charge in [0.15, 0.2) is 5.65 Å². The predicted octanol–water partition coefficient (Wildman–Crippen LogP) is 4.44. The van der Waals surface area contributed by atoms with Gasteiger partial charge in [-0.2, -0.15) is 5.10 Å². The van der Waals surface area contributed by atoms with E-state index >= 15 is 0 Å². The van der Waals surface area contributed by atoms with Gasteiger partial charge in [0.2, 0.25) is 0 Å². The molecule has 1 amide bonds. The maximum atomic E-state index is 13.1. The molecule has 3 aromatic heterocycles. The third kappa shape index (κ3) is 4.27. The van der Waals surface area contributed by atoms with Crippen LogP contribution < -0.4 is 5.32 Å². The highest BCUT2D eigenvalue weighted by Crippen LogP contribution is 2.23. The largest absolute Gasteiger partial charge is 0.469 e. The van der Waals surface area contributed by atoms with Gasteiger partial charge in [0, 0.05) is 18.2 Å². The van der Waals surface area contributed by atoms with Gasteiger partial charge in [0.25, 0.3) is 5.91 Å². The molecule has 0 fully saturated rings. The molecule has 0 aliphatic carbocycles. The van der Waals surface area contributed by atoms with E-state index < -0.39 is 0 Å². The second-order valence-electron chi connectivity index (χ2n) is 7.73. The van der Waals surface area contributed by atoms with Gasteiger partial charge >= 0.3 is 0 Å². The summed E-state index contributed by atoms with van der Waals surface area (Å²) in [6.45, 7) is 6.46. The minimum absolute atomic E-state index is 0.0193. The molecule has 1 atom stereocenters. The Hall–Kier alpha value is -3.41. The molecule has 0 saturated carbocycles. The zero-order chi connectivity index (χ0) is 21.1. The number of hydrogen-bond donors (Lipinski definition) is 1. The van der Waals surface area contributed by atoms with Crippen LogP contribution in [0.1, 0.15) is 46.4 Å². The summed E-state index contributed by atoms with van der Waals surface area (Å²) in [6.07, 6.45) is 3.26. The molecule has 0 radical (unpaired) electrons. The molecular formula is C24H26N4O2. The molecule has 4 rings (SSSR count). The summed E-state index contributed by atoms with van der Waals surface area (Å²) in [5.41, 5.74) is 4.11. The van der Waals surface area contributed by atoms with Crippen LogP contribution in [0, 0.1) is 13.8 Å². The first-order valence-corrected chi connectivity index (χ1v) is 10.2. The van der Waals surface area contributed by atoms with E-state index in [1.54, 1.807) is 6.26 Å². The second-order valence-corrected chi connectivity index (χ2v) is 7.73. The number of pyridine rings is 1. The van der Waals surface area contributed by atoms with Crippen LogP contribution in [0.15, 0.2) is 59.2 Å². The first-order valence-electron chi connectivity index (χ1n) is 10.2. The number of carbonyl (C=O) groups excluding carboxylic acids is 1. The molecule has 1 N–H and O–H groups in total. The molecule has 0 aliphatic heterocycles. The highest BCUT2D eigenvalue weighted by Gasteiger charge is 2.20. The zero-order valence-electron chi connectivity index (χ0n) is 17.6. The second kappa shape index (κ2) is 8.53. The van der Waals surface area contributed by atoms with Gasteiger partial charge in [0.05, 0.1) is 29.5 Å². The number of amides is 1. The number of nitrogens with zero attached hydrogens (tertiary/aromatic N) is 3. The van der Waals surface area contributed by atoms with Crippen molar-refractivity contribution in [1.29, 1.82) is 0 Å². The number of hydrogen-bond acceptors (Lipinski definition) is 4. The maximum absolute atomic E-state index is 13.1. The quantitative estimate of drug-likeness (QED) is 0.496. The van der Waals surface area contributed by atoms with Crippen molar-refractivity contribution in [2.45, 2.75) is 46.2 Å². The molecule has 3 heterocycles. The average Bonchev–Trinajstić information content (AvgIpc) is 3.35. The predicted molar refractivity (Wildman–Crippen MR) is 117 cm³/mol. The molecule has 0 spiro atoms. The molecule has 0 saturated heterocycles. The minimum atomic E-state index is -0.0974. The molecule has 0 unspecified atom stereocenters. The van der Waals surface area contributed by atoms with Gasteiger partial charge in [0.1, 0.15) is 5.76 Å². The Morgan fingerprint density at radius 3 is 2.70 bits per heavy atom. The van der Waals surface area contributed by atoms with E-state index in [4.69, 9.17) is 9.40 Å². The standard InChI is InChI=1S/C24H26N4O2/c1-16(11-12-20-10-7-13-30-20)26-24(29)21-14-17(2)25-23-22(21)18(3)27-28(23)15-19-8-5-4-6-9-19/h4-10,13-14,16H,11-12,15H2,1-3H3,(H,26,29)/t16-/m1/s1. The first kappa shape index (κ1) is 19.9. The number of rotatable bonds is 7. The fourth-order valence-electron chi connectivity index (χ4n) is 3.71. The Kier molecular flexibility index (Phi) is 5.65. The summed E-state index contributed by atoms with van der Waals surface area (Å²) >= 11 is 0. The summed E-state index contributed by atoms with van der Waals surface area (Å²) in [5, 5.41) is 8.61. The Labute approximate surface area is 175 Å². The fourth-order valence-corrected chi connectivity index (χ4v) is 3.71. The fraction of sp³-hybridized carbons (Fsp3) is 0.292. The van der Waals surface area contributed by atoms with Crippen molar-refractivity contribution in [2.75, 3.05) is 0 Å². The summed E-state index contributed by atoms with van der Waals surface area (Å²) in [7, 11) is 0. The smallest absolute Gasteiger partial charge is 0.252 e. The van der Waals surface area contributed by atoms with Crippen LogP contribution in [-0.2, 0) is 13.0 Å². The molecule has 6 heteroatoms. The van der Waals surface area contributed by atoms with Gasteiger partial charge in [-0.15, -0.1) is 0 Å². The van der Waals surface area contributed by atoms with Crippen molar-refractivity contribution in [3.8, 4) is 0 Å². The number of aromatic nitrogens is 3. The van der Waals surface area contributed by atoms with Crippen LogP contribution in [0.2, 0.25) is 0 Å². The number of fused-ring (bicyclic) bond motifs is 1. The Balaban J connectivity index is 1.58. The zero-order valence-corrected chi connectivity index (χ0v) is 17.6. The Morgan fingerprint density at radius 1 is 1.17 bits per heavy atom. The van der Waals surface area contributed by atoms with E-state index in [0.29, 0.717) is 12.1 Å². The Morgan fingerprint density at radius 2 is 1.97 bits per heavy atom. The number of aryl methyl sites for hydroxylation is 3. The lowest BCUT2D eigenvalue weighted by Gasteiger charge is -2.14. The lowest BCUT2D eigenvalue weighted by Crippen LogP contribution is -2.33. The van der Waals surface area contributed by atoms with E-state index in [1.165, 1.54) is 0 Å².